The fourth-order valence-electron chi connectivity index (χ4n) is 0.986. The molecule has 18 heavy (non-hydrogen) atoms. The van der Waals surface area contributed by atoms with E-state index in [1.807, 2.05) is 0 Å². The highest BCUT2D eigenvalue weighted by Gasteiger charge is 2.27. The Morgan fingerprint density at radius 1 is 1.50 bits per heavy atom. The van der Waals surface area contributed by atoms with E-state index in [-0.39, 0.29) is 24.8 Å². The number of hydrogen-bond donors (Lipinski definition) is 2. The van der Waals surface area contributed by atoms with Gasteiger partial charge in [0, 0.05) is 12.7 Å². The molecule has 0 aliphatic rings. The number of rotatable bonds is 6. The second-order valence-corrected chi connectivity index (χ2v) is 3.17. The highest BCUT2D eigenvalue weighted by Crippen LogP contribution is 2.14. The lowest BCUT2D eigenvalue weighted by atomic mass is 10.4. The number of alkyl halides is 3. The lowest BCUT2D eigenvalue weighted by Gasteiger charge is -2.08. The Balaban J connectivity index is 2.31. The van der Waals surface area contributed by atoms with E-state index in [1.165, 1.54) is 12.3 Å². The second kappa shape index (κ2) is 6.15. The van der Waals surface area contributed by atoms with Crippen molar-refractivity contribution in [2.45, 2.75) is 6.18 Å². The van der Waals surface area contributed by atoms with Crippen LogP contribution in [0.4, 0.5) is 19.1 Å². The molecule has 0 aliphatic carbocycles. The summed E-state index contributed by atoms with van der Waals surface area (Å²) in [5.74, 6) is -1.20. The van der Waals surface area contributed by atoms with Crippen molar-refractivity contribution >= 4 is 11.9 Å². The average molecular weight is 265 g/mol. The Bertz CT molecular complexity index is 412. The monoisotopic (exact) mass is 265 g/mol. The van der Waals surface area contributed by atoms with Gasteiger partial charge in [0.25, 0.3) is 0 Å². The van der Waals surface area contributed by atoms with Gasteiger partial charge in [0.2, 0.25) is 5.95 Å². The van der Waals surface area contributed by atoms with E-state index < -0.39 is 18.8 Å². The Hall–Kier alpha value is -1.90. The fourth-order valence-corrected chi connectivity index (χ4v) is 0.986. The molecule has 0 bridgehead atoms. The number of hydrogen-bond acceptors (Lipinski definition) is 5. The molecule has 9 heteroatoms. The van der Waals surface area contributed by atoms with E-state index in [4.69, 9.17) is 5.11 Å². The summed E-state index contributed by atoms with van der Waals surface area (Å²) < 4.78 is 39.5. The highest BCUT2D eigenvalue weighted by molar-refractivity contribution is 5.85. The Kier molecular flexibility index (Phi) is 4.84. The fraction of sp³-hybridized carbons (Fsp3) is 0.444. The van der Waals surface area contributed by atoms with Gasteiger partial charge in [-0.05, 0) is 6.07 Å². The minimum absolute atomic E-state index is 0.0190. The summed E-state index contributed by atoms with van der Waals surface area (Å²) in [6, 6.07) is 1.20. The topological polar surface area (TPSA) is 84.3 Å². The third kappa shape index (κ3) is 5.43. The largest absolute Gasteiger partial charge is 0.477 e. The van der Waals surface area contributed by atoms with Crippen LogP contribution in [0.5, 0.6) is 0 Å². The van der Waals surface area contributed by atoms with E-state index in [2.05, 4.69) is 20.0 Å². The summed E-state index contributed by atoms with van der Waals surface area (Å²) in [6.45, 7) is -1.48. The lowest BCUT2D eigenvalue weighted by molar-refractivity contribution is -0.172. The van der Waals surface area contributed by atoms with Gasteiger partial charge in [-0.1, -0.05) is 0 Å². The van der Waals surface area contributed by atoms with Crippen LogP contribution >= 0.6 is 0 Å². The predicted octanol–water partition coefficient (Wildman–Crippen LogP) is 1.17. The molecule has 0 spiro atoms. The molecule has 1 heterocycles. The standard InChI is InChI=1S/C9H10F3N3O3/c10-9(11,12)5-18-4-3-14-8-13-2-1-6(15-8)7(16)17/h1-2H,3-5H2,(H,16,17)(H,13,14,15). The summed E-state index contributed by atoms with van der Waals surface area (Å²) in [5, 5.41) is 11.2. The van der Waals surface area contributed by atoms with Crippen molar-refractivity contribution in [2.24, 2.45) is 0 Å². The van der Waals surface area contributed by atoms with Crippen molar-refractivity contribution in [3.05, 3.63) is 18.0 Å². The molecular formula is C9H10F3N3O3. The predicted molar refractivity (Wildman–Crippen MR) is 54.4 cm³/mol. The summed E-state index contributed by atoms with van der Waals surface area (Å²) in [6.07, 6.45) is -3.13. The number of nitrogens with one attached hydrogen (secondary N) is 1. The molecule has 1 aromatic rings. The summed E-state index contributed by atoms with van der Waals surface area (Å²) in [5.41, 5.74) is -0.205. The molecule has 6 nitrogen and oxygen atoms in total. The first-order chi connectivity index (χ1) is 8.38. The van der Waals surface area contributed by atoms with Crippen LogP contribution in [0.3, 0.4) is 0 Å². The van der Waals surface area contributed by atoms with Gasteiger partial charge in [0.05, 0.1) is 6.61 Å². The Labute approximate surface area is 99.8 Å². The molecule has 2 N–H and O–H groups in total. The second-order valence-electron chi connectivity index (χ2n) is 3.17. The van der Waals surface area contributed by atoms with Gasteiger partial charge >= 0.3 is 12.1 Å². The van der Waals surface area contributed by atoms with Crippen LogP contribution < -0.4 is 5.32 Å². The first-order valence-corrected chi connectivity index (χ1v) is 4.83. The van der Waals surface area contributed by atoms with E-state index in [1.54, 1.807) is 0 Å². The molecular weight excluding hydrogens is 255 g/mol. The zero-order valence-electron chi connectivity index (χ0n) is 9.07. The average Bonchev–Trinajstić information content (AvgIpc) is 2.27. The van der Waals surface area contributed by atoms with Crippen LogP contribution in [-0.4, -0.2) is 47.0 Å². The van der Waals surface area contributed by atoms with E-state index in [0.29, 0.717) is 0 Å². The highest BCUT2D eigenvalue weighted by atomic mass is 19.4. The number of aromatic carboxylic acids is 1. The van der Waals surface area contributed by atoms with Gasteiger partial charge in [-0.2, -0.15) is 13.2 Å². The molecule has 0 aromatic carbocycles. The van der Waals surface area contributed by atoms with Gasteiger partial charge in [0.1, 0.15) is 6.61 Å². The molecule has 0 aliphatic heterocycles. The number of nitrogens with zero attached hydrogens (tertiary/aromatic N) is 2. The molecule has 0 saturated heterocycles. The summed E-state index contributed by atoms with van der Waals surface area (Å²) in [4.78, 5) is 17.9. The van der Waals surface area contributed by atoms with E-state index in [0.717, 1.165) is 0 Å². The maximum Gasteiger partial charge on any atom is 0.411 e. The zero-order chi connectivity index (χ0) is 13.6. The molecule has 0 atom stereocenters. The van der Waals surface area contributed by atoms with Crippen molar-refractivity contribution in [3.8, 4) is 0 Å². The molecule has 1 rings (SSSR count). The van der Waals surface area contributed by atoms with E-state index >= 15 is 0 Å². The normalized spacial score (nSPS) is 11.3. The maximum absolute atomic E-state index is 11.7. The van der Waals surface area contributed by atoms with Crippen molar-refractivity contribution in [2.75, 3.05) is 25.1 Å². The Morgan fingerprint density at radius 2 is 2.22 bits per heavy atom. The minimum atomic E-state index is -4.36. The number of carboxylic acids is 1. The summed E-state index contributed by atoms with van der Waals surface area (Å²) >= 11 is 0. The first kappa shape index (κ1) is 14.2. The molecule has 100 valence electrons. The molecule has 0 fully saturated rings. The Morgan fingerprint density at radius 3 is 2.83 bits per heavy atom. The van der Waals surface area contributed by atoms with Crippen molar-refractivity contribution in [1.82, 2.24) is 9.97 Å². The maximum atomic E-state index is 11.7. The quantitative estimate of drug-likeness (QED) is 0.751. The van der Waals surface area contributed by atoms with Gasteiger partial charge in [-0.15, -0.1) is 0 Å². The van der Waals surface area contributed by atoms with Crippen LogP contribution in [0, 0.1) is 0 Å². The number of anilines is 1. The van der Waals surface area contributed by atoms with Crippen LogP contribution in [-0.2, 0) is 4.74 Å². The van der Waals surface area contributed by atoms with Gasteiger partial charge in [-0.25, -0.2) is 14.8 Å². The molecule has 0 unspecified atom stereocenters. The molecule has 0 saturated carbocycles. The van der Waals surface area contributed by atoms with Crippen molar-refractivity contribution < 1.29 is 27.8 Å². The number of carboxylic acid groups (broad SMARTS) is 1. The number of halogens is 3. The van der Waals surface area contributed by atoms with Gasteiger partial charge < -0.3 is 15.2 Å². The van der Waals surface area contributed by atoms with Gasteiger partial charge in [0.15, 0.2) is 5.69 Å². The van der Waals surface area contributed by atoms with Crippen molar-refractivity contribution in [3.63, 3.8) is 0 Å². The van der Waals surface area contributed by atoms with Crippen LogP contribution in [0.15, 0.2) is 12.3 Å². The minimum Gasteiger partial charge on any atom is -0.477 e. The van der Waals surface area contributed by atoms with Crippen LogP contribution in [0.25, 0.3) is 0 Å². The molecule has 1 aromatic heterocycles. The molecule has 0 radical (unpaired) electrons. The van der Waals surface area contributed by atoms with E-state index in [9.17, 15) is 18.0 Å². The van der Waals surface area contributed by atoms with Gasteiger partial charge in [-0.3, -0.25) is 0 Å². The molecule has 0 amide bonds. The SMILES string of the molecule is O=C(O)c1ccnc(NCCOCC(F)(F)F)n1. The first-order valence-electron chi connectivity index (χ1n) is 4.83. The number of aromatic nitrogens is 2. The third-order valence-electron chi connectivity index (χ3n) is 1.67. The zero-order valence-corrected chi connectivity index (χ0v) is 9.07. The van der Waals surface area contributed by atoms with Crippen LogP contribution in [0.2, 0.25) is 0 Å². The summed E-state index contributed by atoms with van der Waals surface area (Å²) in [7, 11) is 0. The van der Waals surface area contributed by atoms with Crippen LogP contribution in [0.1, 0.15) is 10.5 Å². The number of carbonyl (C=O) groups is 1. The van der Waals surface area contributed by atoms with Crippen molar-refractivity contribution in [1.29, 1.82) is 0 Å². The smallest absolute Gasteiger partial charge is 0.411 e. The lowest BCUT2D eigenvalue weighted by Crippen LogP contribution is -2.20. The third-order valence-corrected chi connectivity index (χ3v) is 1.67. The number of ether oxygens (including phenoxy) is 1.